The number of hydrogen-bond donors (Lipinski definition) is 1. The van der Waals surface area contributed by atoms with Crippen molar-refractivity contribution >= 4 is 11.6 Å². The molecule has 6 heteroatoms. The highest BCUT2D eigenvalue weighted by molar-refractivity contribution is 5.90. The van der Waals surface area contributed by atoms with E-state index in [0.717, 1.165) is 11.4 Å². The lowest BCUT2D eigenvalue weighted by Crippen LogP contribution is -2.13. The van der Waals surface area contributed by atoms with E-state index in [1.807, 2.05) is 37.3 Å². The Labute approximate surface area is 134 Å². The van der Waals surface area contributed by atoms with Crippen LogP contribution in [0, 0.1) is 6.92 Å². The maximum absolute atomic E-state index is 12.0. The number of anilines is 1. The lowest BCUT2D eigenvalue weighted by Gasteiger charge is -2.06. The van der Waals surface area contributed by atoms with Gasteiger partial charge in [-0.15, -0.1) is 0 Å². The van der Waals surface area contributed by atoms with Gasteiger partial charge in [-0.05, 0) is 18.9 Å². The molecular weight excluding hydrogens is 290 g/mol. The average molecular weight is 307 g/mol. The van der Waals surface area contributed by atoms with Crippen LogP contribution in [0.5, 0.6) is 0 Å². The van der Waals surface area contributed by atoms with Crippen molar-refractivity contribution in [2.75, 3.05) is 5.32 Å². The van der Waals surface area contributed by atoms with Gasteiger partial charge in [0.25, 0.3) is 0 Å². The highest BCUT2D eigenvalue weighted by Crippen LogP contribution is 2.09. The van der Waals surface area contributed by atoms with Crippen molar-refractivity contribution in [2.24, 2.45) is 0 Å². The molecule has 0 fully saturated rings. The molecule has 1 N–H and O–H groups in total. The van der Waals surface area contributed by atoms with Crippen molar-refractivity contribution < 1.29 is 4.79 Å². The smallest absolute Gasteiger partial charge is 0.235 e. The Bertz CT molecular complexity index is 780. The SMILES string of the molecule is Cc1nccn1-c1ncc(NC(=O)CCc2ccccc2)cn1. The average Bonchev–Trinajstić information content (AvgIpc) is 3.01. The lowest BCUT2D eigenvalue weighted by molar-refractivity contribution is -0.116. The number of aryl methyl sites for hydroxylation is 2. The number of carbonyl (C=O) groups excluding carboxylic acids is 1. The van der Waals surface area contributed by atoms with E-state index in [1.165, 1.54) is 0 Å². The highest BCUT2D eigenvalue weighted by Gasteiger charge is 2.06. The van der Waals surface area contributed by atoms with Gasteiger partial charge in [-0.3, -0.25) is 9.36 Å². The minimum atomic E-state index is -0.0518. The summed E-state index contributed by atoms with van der Waals surface area (Å²) in [5.74, 6) is 1.29. The van der Waals surface area contributed by atoms with E-state index in [-0.39, 0.29) is 5.91 Å². The second-order valence-corrected chi connectivity index (χ2v) is 5.15. The largest absolute Gasteiger partial charge is 0.323 e. The Morgan fingerprint density at radius 1 is 1.13 bits per heavy atom. The minimum absolute atomic E-state index is 0.0518. The van der Waals surface area contributed by atoms with E-state index in [1.54, 1.807) is 29.4 Å². The normalized spacial score (nSPS) is 10.5. The van der Waals surface area contributed by atoms with Crippen LogP contribution in [0.15, 0.2) is 55.1 Å². The third-order valence-electron chi connectivity index (χ3n) is 3.45. The Hall–Kier alpha value is -3.02. The molecule has 0 aliphatic carbocycles. The predicted octanol–water partition coefficient (Wildman–Crippen LogP) is 2.54. The molecule has 0 aliphatic rings. The molecule has 0 saturated heterocycles. The molecule has 6 nitrogen and oxygen atoms in total. The van der Waals surface area contributed by atoms with Gasteiger partial charge in [0.15, 0.2) is 0 Å². The van der Waals surface area contributed by atoms with Crippen LogP contribution >= 0.6 is 0 Å². The molecule has 1 amide bonds. The maximum Gasteiger partial charge on any atom is 0.235 e. The van der Waals surface area contributed by atoms with Crippen LogP contribution in [0.3, 0.4) is 0 Å². The number of amides is 1. The fourth-order valence-corrected chi connectivity index (χ4v) is 2.23. The van der Waals surface area contributed by atoms with Crippen molar-refractivity contribution in [3.05, 3.63) is 66.5 Å². The minimum Gasteiger partial charge on any atom is -0.323 e. The lowest BCUT2D eigenvalue weighted by atomic mass is 10.1. The summed E-state index contributed by atoms with van der Waals surface area (Å²) >= 11 is 0. The summed E-state index contributed by atoms with van der Waals surface area (Å²) in [6.07, 6.45) is 7.82. The van der Waals surface area contributed by atoms with E-state index in [9.17, 15) is 4.79 Å². The third-order valence-corrected chi connectivity index (χ3v) is 3.45. The number of rotatable bonds is 5. The van der Waals surface area contributed by atoms with Crippen molar-refractivity contribution in [3.8, 4) is 5.95 Å². The topological polar surface area (TPSA) is 72.7 Å². The summed E-state index contributed by atoms with van der Waals surface area (Å²) in [5, 5.41) is 2.81. The summed E-state index contributed by atoms with van der Waals surface area (Å²) in [7, 11) is 0. The molecule has 3 rings (SSSR count). The number of imidazole rings is 1. The van der Waals surface area contributed by atoms with Gasteiger partial charge >= 0.3 is 0 Å². The highest BCUT2D eigenvalue weighted by atomic mass is 16.1. The monoisotopic (exact) mass is 307 g/mol. The van der Waals surface area contributed by atoms with Gasteiger partial charge in [0.05, 0.1) is 18.1 Å². The molecular formula is C17H17N5O. The van der Waals surface area contributed by atoms with Crippen molar-refractivity contribution in [1.29, 1.82) is 0 Å². The molecule has 0 aliphatic heterocycles. The number of nitrogens with zero attached hydrogens (tertiary/aromatic N) is 4. The van der Waals surface area contributed by atoms with Crippen molar-refractivity contribution in [1.82, 2.24) is 19.5 Å². The molecule has 0 spiro atoms. The van der Waals surface area contributed by atoms with Crippen molar-refractivity contribution in [3.63, 3.8) is 0 Å². The summed E-state index contributed by atoms with van der Waals surface area (Å²) in [5.41, 5.74) is 1.73. The standard InChI is InChI=1S/C17H17N5O/c1-13-18-9-10-22(13)17-19-11-15(12-20-17)21-16(23)8-7-14-5-3-2-4-6-14/h2-6,9-12H,7-8H2,1H3,(H,21,23). The van der Waals surface area contributed by atoms with Gasteiger partial charge < -0.3 is 5.32 Å². The van der Waals surface area contributed by atoms with Crippen LogP contribution in [-0.2, 0) is 11.2 Å². The molecule has 3 aromatic rings. The van der Waals surface area contributed by atoms with E-state index in [0.29, 0.717) is 24.5 Å². The molecule has 2 aromatic heterocycles. The second-order valence-electron chi connectivity index (χ2n) is 5.15. The van der Waals surface area contributed by atoms with E-state index in [4.69, 9.17) is 0 Å². The first-order valence-electron chi connectivity index (χ1n) is 7.38. The number of carbonyl (C=O) groups is 1. The molecule has 0 radical (unpaired) electrons. The van der Waals surface area contributed by atoms with Gasteiger partial charge in [0, 0.05) is 18.8 Å². The van der Waals surface area contributed by atoms with Crippen LogP contribution in [0.4, 0.5) is 5.69 Å². The Kier molecular flexibility index (Phi) is 4.42. The zero-order valence-corrected chi connectivity index (χ0v) is 12.8. The van der Waals surface area contributed by atoms with E-state index in [2.05, 4.69) is 20.3 Å². The molecule has 0 saturated carbocycles. The van der Waals surface area contributed by atoms with Crippen LogP contribution < -0.4 is 5.32 Å². The zero-order chi connectivity index (χ0) is 16.1. The Morgan fingerprint density at radius 2 is 1.87 bits per heavy atom. The summed E-state index contributed by atoms with van der Waals surface area (Å²) in [6, 6.07) is 9.93. The Balaban J connectivity index is 1.58. The summed E-state index contributed by atoms with van der Waals surface area (Å²) in [6.45, 7) is 1.88. The fourth-order valence-electron chi connectivity index (χ4n) is 2.23. The number of benzene rings is 1. The molecule has 1 aromatic carbocycles. The molecule has 116 valence electrons. The van der Waals surface area contributed by atoms with Crippen LogP contribution in [0.25, 0.3) is 5.95 Å². The maximum atomic E-state index is 12.0. The van der Waals surface area contributed by atoms with E-state index >= 15 is 0 Å². The van der Waals surface area contributed by atoms with Gasteiger partial charge in [-0.1, -0.05) is 30.3 Å². The number of nitrogens with one attached hydrogen (secondary N) is 1. The number of aromatic nitrogens is 4. The van der Waals surface area contributed by atoms with Crippen molar-refractivity contribution in [2.45, 2.75) is 19.8 Å². The fraction of sp³-hybridized carbons (Fsp3) is 0.176. The Morgan fingerprint density at radius 3 is 2.52 bits per heavy atom. The van der Waals surface area contributed by atoms with Crippen LogP contribution in [0.2, 0.25) is 0 Å². The predicted molar refractivity (Wildman–Crippen MR) is 87.3 cm³/mol. The molecule has 2 heterocycles. The third kappa shape index (κ3) is 3.79. The summed E-state index contributed by atoms with van der Waals surface area (Å²) in [4.78, 5) is 24.6. The molecule has 0 unspecified atom stereocenters. The quantitative estimate of drug-likeness (QED) is 0.786. The second kappa shape index (κ2) is 6.83. The van der Waals surface area contributed by atoms with Gasteiger partial charge in [0.2, 0.25) is 11.9 Å². The first-order chi connectivity index (χ1) is 11.2. The van der Waals surface area contributed by atoms with E-state index < -0.39 is 0 Å². The first kappa shape index (κ1) is 14.9. The molecule has 0 atom stereocenters. The molecule has 23 heavy (non-hydrogen) atoms. The first-order valence-corrected chi connectivity index (χ1v) is 7.38. The van der Waals surface area contributed by atoms with Gasteiger partial charge in [-0.2, -0.15) is 0 Å². The van der Waals surface area contributed by atoms with Crippen LogP contribution in [0.1, 0.15) is 17.8 Å². The summed E-state index contributed by atoms with van der Waals surface area (Å²) < 4.78 is 1.78. The zero-order valence-electron chi connectivity index (χ0n) is 12.8. The molecule has 0 bridgehead atoms. The van der Waals surface area contributed by atoms with Gasteiger partial charge in [-0.25, -0.2) is 15.0 Å². The van der Waals surface area contributed by atoms with Crippen LogP contribution in [-0.4, -0.2) is 25.4 Å². The number of hydrogen-bond acceptors (Lipinski definition) is 4. The van der Waals surface area contributed by atoms with Gasteiger partial charge in [0.1, 0.15) is 5.82 Å².